The summed E-state index contributed by atoms with van der Waals surface area (Å²) in [6, 6.07) is 6.46. The summed E-state index contributed by atoms with van der Waals surface area (Å²) in [5.74, 6) is 2.68. The third-order valence-electron chi connectivity index (χ3n) is 4.11. The summed E-state index contributed by atoms with van der Waals surface area (Å²) in [4.78, 5) is 4.81. The van der Waals surface area contributed by atoms with Gasteiger partial charge in [0.1, 0.15) is 17.3 Å². The lowest BCUT2D eigenvalue weighted by molar-refractivity contribution is 0.412. The smallest absolute Gasteiger partial charge is 0.131 e. The van der Waals surface area contributed by atoms with Crippen molar-refractivity contribution in [2.24, 2.45) is 5.92 Å². The normalized spacial score (nSPS) is 18.4. The van der Waals surface area contributed by atoms with E-state index in [0.717, 1.165) is 30.3 Å². The summed E-state index contributed by atoms with van der Waals surface area (Å²) in [7, 11) is 0. The molecule has 3 heteroatoms. The van der Waals surface area contributed by atoms with Gasteiger partial charge in [0, 0.05) is 18.5 Å². The molecule has 1 aromatic carbocycles. The van der Waals surface area contributed by atoms with Gasteiger partial charge in [0.2, 0.25) is 0 Å². The van der Waals surface area contributed by atoms with Crippen LogP contribution in [0, 0.1) is 19.8 Å². The zero-order valence-electron chi connectivity index (χ0n) is 11.9. The van der Waals surface area contributed by atoms with Crippen molar-refractivity contribution in [3.8, 4) is 11.3 Å². The van der Waals surface area contributed by atoms with E-state index in [9.17, 15) is 0 Å². The summed E-state index contributed by atoms with van der Waals surface area (Å²) >= 11 is 0. The molecule has 0 saturated heterocycles. The van der Waals surface area contributed by atoms with E-state index in [1.807, 2.05) is 0 Å². The van der Waals surface area contributed by atoms with Crippen LogP contribution >= 0.6 is 0 Å². The Hall–Kier alpha value is -1.77. The average Bonchev–Trinajstić information content (AvgIpc) is 2.69. The maximum atomic E-state index is 6.32. The monoisotopic (exact) mass is 255 g/mol. The Morgan fingerprint density at radius 1 is 1.32 bits per heavy atom. The van der Waals surface area contributed by atoms with Gasteiger partial charge in [-0.2, -0.15) is 0 Å². The third-order valence-corrected chi connectivity index (χ3v) is 4.11. The molecule has 0 saturated carbocycles. The summed E-state index contributed by atoms with van der Waals surface area (Å²) in [5, 5.41) is 0. The summed E-state index contributed by atoms with van der Waals surface area (Å²) in [6.45, 7) is 7.51. The van der Waals surface area contributed by atoms with Crippen LogP contribution in [0.1, 0.15) is 30.3 Å². The molecule has 1 aromatic heterocycles. The largest absolute Gasteiger partial charge is 0.383 e. The lowest BCUT2D eigenvalue weighted by Gasteiger charge is -2.20. The minimum absolute atomic E-state index is 0.709. The highest BCUT2D eigenvalue weighted by Gasteiger charge is 2.22. The van der Waals surface area contributed by atoms with Crippen molar-refractivity contribution >= 4 is 5.82 Å². The van der Waals surface area contributed by atoms with Gasteiger partial charge in [0.15, 0.2) is 0 Å². The van der Waals surface area contributed by atoms with E-state index in [2.05, 4.69) is 43.5 Å². The Labute approximate surface area is 114 Å². The highest BCUT2D eigenvalue weighted by Crippen LogP contribution is 2.33. The maximum Gasteiger partial charge on any atom is 0.131 e. The number of fused-ring (bicyclic) bond motifs is 1. The Morgan fingerprint density at radius 3 is 2.89 bits per heavy atom. The number of rotatable bonds is 1. The van der Waals surface area contributed by atoms with Gasteiger partial charge in [-0.05, 0) is 37.8 Å². The third kappa shape index (κ3) is 2.03. The van der Waals surface area contributed by atoms with Crippen molar-refractivity contribution in [2.45, 2.75) is 40.2 Å². The fourth-order valence-corrected chi connectivity index (χ4v) is 2.87. The molecule has 19 heavy (non-hydrogen) atoms. The van der Waals surface area contributed by atoms with Gasteiger partial charge in [-0.3, -0.25) is 0 Å². The van der Waals surface area contributed by atoms with Crippen LogP contribution in [0.3, 0.4) is 0 Å². The summed E-state index contributed by atoms with van der Waals surface area (Å²) in [6.07, 6.45) is 2.23. The van der Waals surface area contributed by atoms with Gasteiger partial charge in [0.25, 0.3) is 0 Å². The van der Waals surface area contributed by atoms with E-state index < -0.39 is 0 Å². The van der Waals surface area contributed by atoms with Crippen molar-refractivity contribution in [2.75, 3.05) is 5.73 Å². The molecule has 0 fully saturated rings. The van der Waals surface area contributed by atoms with E-state index in [-0.39, 0.29) is 0 Å². The molecule has 0 radical (unpaired) electrons. The van der Waals surface area contributed by atoms with E-state index in [1.165, 1.54) is 23.1 Å². The van der Waals surface area contributed by atoms with Crippen molar-refractivity contribution < 1.29 is 0 Å². The molecular weight excluding hydrogens is 234 g/mol. The predicted molar refractivity (Wildman–Crippen MR) is 79.0 cm³/mol. The second-order valence-electron chi connectivity index (χ2n) is 5.83. The number of nitrogen functional groups attached to an aromatic ring is 1. The molecule has 2 heterocycles. The lowest BCUT2D eigenvalue weighted by Crippen LogP contribution is -2.18. The topological polar surface area (TPSA) is 43.8 Å². The van der Waals surface area contributed by atoms with Crippen LogP contribution in [0.4, 0.5) is 5.82 Å². The van der Waals surface area contributed by atoms with Crippen molar-refractivity contribution in [3.63, 3.8) is 0 Å². The molecule has 0 bridgehead atoms. The molecule has 1 atom stereocenters. The minimum atomic E-state index is 0.709. The number of benzene rings is 1. The average molecular weight is 255 g/mol. The number of nitrogens with zero attached hydrogens (tertiary/aromatic N) is 2. The number of hydrogen-bond acceptors (Lipinski definition) is 2. The number of imidazole rings is 1. The Bertz CT molecular complexity index is 625. The molecule has 0 amide bonds. The highest BCUT2D eigenvalue weighted by molar-refractivity contribution is 5.74. The predicted octanol–water partition coefficient (Wildman–Crippen LogP) is 3.33. The highest BCUT2D eigenvalue weighted by atomic mass is 15.1. The molecule has 1 aliphatic heterocycles. The molecule has 2 aromatic rings. The number of aryl methyl sites for hydroxylation is 2. The van der Waals surface area contributed by atoms with Crippen molar-refractivity contribution in [1.29, 1.82) is 0 Å². The standard InChI is InChI=1S/C16H21N3/c1-10-4-5-12(3)13(8-10)15-16(17)19-7-6-11(2)9-14(19)18-15/h4-5,8,11H,6-7,9,17H2,1-3H3. The Morgan fingerprint density at radius 2 is 2.11 bits per heavy atom. The maximum absolute atomic E-state index is 6.32. The number of aromatic nitrogens is 2. The first kappa shape index (κ1) is 12.3. The molecule has 0 spiro atoms. The van der Waals surface area contributed by atoms with Crippen molar-refractivity contribution in [1.82, 2.24) is 9.55 Å². The zero-order chi connectivity index (χ0) is 13.6. The second-order valence-corrected chi connectivity index (χ2v) is 5.83. The van der Waals surface area contributed by atoms with Crippen LogP contribution in [0.5, 0.6) is 0 Å². The first-order valence-corrected chi connectivity index (χ1v) is 6.98. The fourth-order valence-electron chi connectivity index (χ4n) is 2.87. The molecule has 100 valence electrons. The minimum Gasteiger partial charge on any atom is -0.383 e. The van der Waals surface area contributed by atoms with Gasteiger partial charge in [0.05, 0.1) is 0 Å². The lowest BCUT2D eigenvalue weighted by atomic mass is 10.0. The zero-order valence-corrected chi connectivity index (χ0v) is 11.9. The number of hydrogen-bond donors (Lipinski definition) is 1. The SMILES string of the molecule is Cc1ccc(C)c(-c2nc3n(c2N)CCC(C)C3)c1. The Balaban J connectivity index is 2.14. The summed E-state index contributed by atoms with van der Waals surface area (Å²) < 4.78 is 2.19. The van der Waals surface area contributed by atoms with Crippen molar-refractivity contribution in [3.05, 3.63) is 35.2 Å². The number of nitrogens with two attached hydrogens (primary N) is 1. The first-order chi connectivity index (χ1) is 9.06. The van der Waals surface area contributed by atoms with Crippen LogP contribution < -0.4 is 5.73 Å². The van der Waals surface area contributed by atoms with Crippen LogP contribution in [-0.2, 0) is 13.0 Å². The first-order valence-electron chi connectivity index (χ1n) is 6.98. The molecule has 3 rings (SSSR count). The fraction of sp³-hybridized carbons (Fsp3) is 0.438. The van der Waals surface area contributed by atoms with E-state index >= 15 is 0 Å². The molecule has 1 unspecified atom stereocenters. The molecule has 0 aliphatic carbocycles. The van der Waals surface area contributed by atoms with Crippen LogP contribution in [-0.4, -0.2) is 9.55 Å². The van der Waals surface area contributed by atoms with Gasteiger partial charge in [-0.1, -0.05) is 24.6 Å². The van der Waals surface area contributed by atoms with Crippen LogP contribution in [0.25, 0.3) is 11.3 Å². The van der Waals surface area contributed by atoms with Crippen LogP contribution in [0.2, 0.25) is 0 Å². The van der Waals surface area contributed by atoms with Gasteiger partial charge >= 0.3 is 0 Å². The molecule has 3 nitrogen and oxygen atoms in total. The Kier molecular flexibility index (Phi) is 2.85. The van der Waals surface area contributed by atoms with Gasteiger partial charge < -0.3 is 10.3 Å². The summed E-state index contributed by atoms with van der Waals surface area (Å²) in [5.41, 5.74) is 10.9. The number of anilines is 1. The van der Waals surface area contributed by atoms with E-state index in [0.29, 0.717) is 5.92 Å². The van der Waals surface area contributed by atoms with Gasteiger partial charge in [-0.15, -0.1) is 0 Å². The van der Waals surface area contributed by atoms with E-state index in [1.54, 1.807) is 0 Å². The molecule has 1 aliphatic rings. The quantitative estimate of drug-likeness (QED) is 0.849. The van der Waals surface area contributed by atoms with Crippen LogP contribution in [0.15, 0.2) is 18.2 Å². The second kappa shape index (κ2) is 4.41. The van der Waals surface area contributed by atoms with Gasteiger partial charge in [-0.25, -0.2) is 4.98 Å². The van der Waals surface area contributed by atoms with E-state index in [4.69, 9.17) is 10.7 Å². The molecular formula is C16H21N3. The molecule has 2 N–H and O–H groups in total.